The maximum Gasteiger partial charge on any atom is 0.259 e. The predicted octanol–water partition coefficient (Wildman–Crippen LogP) is -1.03. The van der Waals surface area contributed by atoms with Gasteiger partial charge in [-0.15, -0.1) is 0 Å². The molecule has 0 spiro atoms. The van der Waals surface area contributed by atoms with Crippen LogP contribution in [-0.4, -0.2) is 54.8 Å². The summed E-state index contributed by atoms with van der Waals surface area (Å²) in [6.45, 7) is 7.20. The lowest BCUT2D eigenvalue weighted by atomic mass is 10.1. The van der Waals surface area contributed by atoms with Gasteiger partial charge >= 0.3 is 0 Å². The van der Waals surface area contributed by atoms with E-state index in [1.54, 1.807) is 6.92 Å². The van der Waals surface area contributed by atoms with Crippen molar-refractivity contribution in [2.75, 3.05) is 26.2 Å². The Morgan fingerprint density at radius 3 is 2.59 bits per heavy atom. The number of rotatable bonds is 2. The fourth-order valence-electron chi connectivity index (χ4n) is 2.03. The molecule has 2 amide bonds. The summed E-state index contributed by atoms with van der Waals surface area (Å²) >= 11 is 0. The van der Waals surface area contributed by atoms with Crippen molar-refractivity contribution in [3.8, 4) is 0 Å². The number of hydrogen-bond acceptors (Lipinski definition) is 4. The van der Waals surface area contributed by atoms with Crippen LogP contribution in [0.5, 0.6) is 0 Å². The Bertz CT molecular complexity index is 360. The van der Waals surface area contributed by atoms with Crippen LogP contribution >= 0.6 is 0 Å². The number of nitrogens with one attached hydrogen (secondary N) is 2. The zero-order valence-electron chi connectivity index (χ0n) is 10.2. The Kier molecular flexibility index (Phi) is 3.54. The Morgan fingerprint density at radius 2 is 2.00 bits per heavy atom. The van der Waals surface area contributed by atoms with E-state index in [4.69, 9.17) is 0 Å². The first kappa shape index (κ1) is 12.2. The second-order valence-electron chi connectivity index (χ2n) is 4.51. The first-order chi connectivity index (χ1) is 8.09. The lowest BCUT2D eigenvalue weighted by molar-refractivity contribution is -0.132. The first-order valence-corrected chi connectivity index (χ1v) is 5.97. The highest BCUT2D eigenvalue weighted by atomic mass is 16.2. The van der Waals surface area contributed by atoms with Gasteiger partial charge in [0.2, 0.25) is 5.91 Å². The Hall–Kier alpha value is -1.27. The Morgan fingerprint density at radius 1 is 1.35 bits per heavy atom. The molecule has 2 aliphatic heterocycles. The average molecular weight is 238 g/mol. The zero-order chi connectivity index (χ0) is 12.4. The lowest BCUT2D eigenvalue weighted by Gasteiger charge is -2.34. The van der Waals surface area contributed by atoms with Crippen LogP contribution < -0.4 is 10.6 Å². The number of nitrogens with zero attached hydrogens (tertiary/aromatic N) is 2. The van der Waals surface area contributed by atoms with Gasteiger partial charge in [-0.25, -0.2) is 0 Å². The van der Waals surface area contributed by atoms with Gasteiger partial charge in [-0.2, -0.15) is 4.99 Å². The molecule has 1 fully saturated rings. The summed E-state index contributed by atoms with van der Waals surface area (Å²) in [6, 6.07) is -0.0162. The van der Waals surface area contributed by atoms with Crippen molar-refractivity contribution in [3.63, 3.8) is 0 Å². The van der Waals surface area contributed by atoms with Crippen LogP contribution in [0.2, 0.25) is 0 Å². The predicted molar refractivity (Wildman–Crippen MR) is 63.7 cm³/mol. The van der Waals surface area contributed by atoms with Crippen LogP contribution in [0, 0.1) is 5.92 Å². The molecule has 1 saturated heterocycles. The summed E-state index contributed by atoms with van der Waals surface area (Å²) in [5.74, 6) is -0.762. The SMILES string of the molecule is CC1C(=O)N=C(C(C)N2CCNCC2)NC1=O. The van der Waals surface area contributed by atoms with E-state index in [0.717, 1.165) is 26.2 Å². The molecular formula is C11H18N4O2. The van der Waals surface area contributed by atoms with Gasteiger partial charge in [-0.05, 0) is 13.8 Å². The van der Waals surface area contributed by atoms with Crippen LogP contribution in [-0.2, 0) is 9.59 Å². The molecule has 0 aromatic rings. The summed E-state index contributed by atoms with van der Waals surface area (Å²) in [6.07, 6.45) is 0. The third kappa shape index (κ3) is 2.53. The third-order valence-corrected chi connectivity index (χ3v) is 3.34. The molecular weight excluding hydrogens is 220 g/mol. The molecule has 0 bridgehead atoms. The fraction of sp³-hybridized carbons (Fsp3) is 0.727. The third-order valence-electron chi connectivity index (χ3n) is 3.34. The molecule has 2 unspecified atom stereocenters. The molecule has 6 nitrogen and oxygen atoms in total. The molecule has 0 radical (unpaired) electrons. The van der Waals surface area contributed by atoms with Crippen LogP contribution in [0.4, 0.5) is 0 Å². The van der Waals surface area contributed by atoms with Gasteiger partial charge < -0.3 is 10.6 Å². The van der Waals surface area contributed by atoms with Crippen LogP contribution in [0.1, 0.15) is 13.8 Å². The van der Waals surface area contributed by atoms with Crippen molar-refractivity contribution < 1.29 is 9.59 Å². The highest BCUT2D eigenvalue weighted by Crippen LogP contribution is 2.09. The Labute approximate surface area is 100 Å². The number of carbonyl (C=O) groups is 2. The fourth-order valence-corrected chi connectivity index (χ4v) is 2.03. The van der Waals surface area contributed by atoms with Gasteiger partial charge in [-0.3, -0.25) is 14.5 Å². The molecule has 0 aliphatic carbocycles. The number of amidine groups is 1. The molecule has 2 aliphatic rings. The highest BCUT2D eigenvalue weighted by molar-refractivity contribution is 6.16. The average Bonchev–Trinajstić information content (AvgIpc) is 2.35. The highest BCUT2D eigenvalue weighted by Gasteiger charge is 2.31. The van der Waals surface area contributed by atoms with Crippen molar-refractivity contribution in [2.45, 2.75) is 19.9 Å². The quantitative estimate of drug-likeness (QED) is 0.603. The van der Waals surface area contributed by atoms with E-state index >= 15 is 0 Å². The number of carbonyl (C=O) groups excluding carboxylic acids is 2. The van der Waals surface area contributed by atoms with E-state index in [1.165, 1.54) is 0 Å². The maximum atomic E-state index is 11.6. The van der Waals surface area contributed by atoms with Gasteiger partial charge in [0, 0.05) is 26.2 Å². The van der Waals surface area contributed by atoms with E-state index in [2.05, 4.69) is 20.5 Å². The standard InChI is InChI=1S/C11H18N4O2/c1-7-10(16)13-9(14-11(7)17)8(2)15-5-3-12-4-6-15/h7-8,12H,3-6H2,1-2H3,(H,13,14,16,17). The number of hydrogen-bond donors (Lipinski definition) is 2. The molecule has 2 N–H and O–H groups in total. The summed E-state index contributed by atoms with van der Waals surface area (Å²) in [7, 11) is 0. The maximum absolute atomic E-state index is 11.6. The molecule has 2 rings (SSSR count). The van der Waals surface area contributed by atoms with Crippen LogP contribution in [0.15, 0.2) is 4.99 Å². The van der Waals surface area contributed by atoms with E-state index < -0.39 is 5.92 Å². The number of amides is 2. The van der Waals surface area contributed by atoms with Gasteiger partial charge in [0.05, 0.1) is 6.04 Å². The zero-order valence-corrected chi connectivity index (χ0v) is 10.2. The second-order valence-corrected chi connectivity index (χ2v) is 4.51. The monoisotopic (exact) mass is 238 g/mol. The van der Waals surface area contributed by atoms with Gasteiger partial charge in [0.15, 0.2) is 0 Å². The van der Waals surface area contributed by atoms with Crippen molar-refractivity contribution >= 4 is 17.6 Å². The topological polar surface area (TPSA) is 73.8 Å². The minimum atomic E-state index is -0.658. The Balaban J connectivity index is 2.08. The van der Waals surface area contributed by atoms with E-state index in [0.29, 0.717) is 5.84 Å². The van der Waals surface area contributed by atoms with Crippen LogP contribution in [0.25, 0.3) is 0 Å². The van der Waals surface area contributed by atoms with Gasteiger partial charge in [0.25, 0.3) is 5.91 Å². The molecule has 0 saturated carbocycles. The molecule has 17 heavy (non-hydrogen) atoms. The lowest BCUT2D eigenvalue weighted by Crippen LogP contribution is -2.56. The molecule has 0 aromatic heterocycles. The van der Waals surface area contributed by atoms with Crippen molar-refractivity contribution in [2.24, 2.45) is 10.9 Å². The van der Waals surface area contributed by atoms with E-state index in [1.807, 2.05) is 6.92 Å². The van der Waals surface area contributed by atoms with E-state index in [-0.39, 0.29) is 17.9 Å². The first-order valence-electron chi connectivity index (χ1n) is 5.97. The summed E-state index contributed by atoms with van der Waals surface area (Å²) in [5.41, 5.74) is 0. The van der Waals surface area contributed by atoms with E-state index in [9.17, 15) is 9.59 Å². The molecule has 94 valence electrons. The van der Waals surface area contributed by atoms with Crippen molar-refractivity contribution in [3.05, 3.63) is 0 Å². The normalized spacial score (nSPS) is 28.6. The second kappa shape index (κ2) is 4.93. The molecule has 2 heterocycles. The summed E-state index contributed by atoms with van der Waals surface area (Å²) < 4.78 is 0. The molecule has 0 aromatic carbocycles. The van der Waals surface area contributed by atoms with Gasteiger partial charge in [0.1, 0.15) is 11.8 Å². The van der Waals surface area contributed by atoms with Gasteiger partial charge in [-0.1, -0.05) is 0 Å². The smallest absolute Gasteiger partial charge is 0.259 e. The summed E-state index contributed by atoms with van der Waals surface area (Å²) in [4.78, 5) is 29.3. The minimum absolute atomic E-state index is 0.0162. The van der Waals surface area contributed by atoms with Crippen molar-refractivity contribution in [1.82, 2.24) is 15.5 Å². The number of aliphatic imine (C=N–C) groups is 1. The molecule has 6 heteroatoms. The summed E-state index contributed by atoms with van der Waals surface area (Å²) in [5, 5.41) is 5.98. The molecule has 2 atom stereocenters. The number of piperazine rings is 1. The largest absolute Gasteiger partial charge is 0.314 e. The minimum Gasteiger partial charge on any atom is -0.314 e. The van der Waals surface area contributed by atoms with Crippen LogP contribution in [0.3, 0.4) is 0 Å². The van der Waals surface area contributed by atoms with Crippen molar-refractivity contribution in [1.29, 1.82) is 0 Å².